The second-order valence-electron chi connectivity index (χ2n) is 8.65. The van der Waals surface area contributed by atoms with Crippen LogP contribution in [0.1, 0.15) is 23.6 Å². The fourth-order valence-corrected chi connectivity index (χ4v) is 5.25. The smallest absolute Gasteiger partial charge is 0.250 e. The number of benzene rings is 2. The van der Waals surface area contributed by atoms with Crippen LogP contribution in [-0.4, -0.2) is 36.8 Å². The van der Waals surface area contributed by atoms with Gasteiger partial charge >= 0.3 is 0 Å². The number of hydrogen-bond acceptors (Lipinski definition) is 4. The van der Waals surface area contributed by atoms with Gasteiger partial charge in [-0.1, -0.05) is 24.3 Å². The topological polar surface area (TPSA) is 43.7 Å². The molecule has 5 rings (SSSR count). The zero-order valence-corrected chi connectivity index (χ0v) is 18.1. The minimum absolute atomic E-state index is 0.116. The van der Waals surface area contributed by atoms with Crippen molar-refractivity contribution in [1.82, 2.24) is 9.47 Å². The summed E-state index contributed by atoms with van der Waals surface area (Å²) in [5.74, 6) is 2.59. The van der Waals surface area contributed by atoms with Crippen LogP contribution in [0.5, 0.6) is 11.5 Å². The minimum Gasteiger partial charge on any atom is -0.497 e. The number of ether oxygens (including phenoxy) is 2. The highest BCUT2D eigenvalue weighted by molar-refractivity contribution is 5.67. The molecule has 0 aliphatic carbocycles. The highest BCUT2D eigenvalue weighted by atomic mass is 16.5. The van der Waals surface area contributed by atoms with E-state index in [1.165, 1.54) is 11.3 Å². The Balaban J connectivity index is 1.45. The first-order valence-electron chi connectivity index (χ1n) is 10.9. The van der Waals surface area contributed by atoms with Crippen LogP contribution in [0.15, 0.2) is 65.5 Å². The zero-order valence-electron chi connectivity index (χ0n) is 18.1. The van der Waals surface area contributed by atoms with Crippen LogP contribution in [-0.2, 0) is 13.1 Å². The summed E-state index contributed by atoms with van der Waals surface area (Å²) in [7, 11) is 3.37. The van der Waals surface area contributed by atoms with Gasteiger partial charge in [0, 0.05) is 49.4 Å². The largest absolute Gasteiger partial charge is 0.497 e. The Morgan fingerprint density at radius 3 is 2.19 bits per heavy atom. The fourth-order valence-electron chi connectivity index (χ4n) is 5.25. The average molecular weight is 417 g/mol. The molecule has 31 heavy (non-hydrogen) atoms. The number of nitrogens with zero attached hydrogens (tertiary/aromatic N) is 2. The van der Waals surface area contributed by atoms with E-state index >= 15 is 0 Å². The molecule has 5 nitrogen and oxygen atoms in total. The first-order chi connectivity index (χ1) is 15.1. The molecule has 0 radical (unpaired) electrons. The summed E-state index contributed by atoms with van der Waals surface area (Å²) in [6, 6.07) is 20.2. The van der Waals surface area contributed by atoms with Crippen molar-refractivity contribution < 1.29 is 9.47 Å². The SMILES string of the molecule is COc1ccc(CN2C[C@@H]3C[C@H](C2)c2c(-c4ccc(OC)cc4)ccc(=O)n2C3)cc1. The maximum atomic E-state index is 12.7. The molecule has 5 heteroatoms. The number of hydrogen-bond donors (Lipinski definition) is 0. The molecule has 0 unspecified atom stereocenters. The second-order valence-corrected chi connectivity index (χ2v) is 8.65. The van der Waals surface area contributed by atoms with Crippen molar-refractivity contribution in [2.75, 3.05) is 27.3 Å². The van der Waals surface area contributed by atoms with E-state index in [9.17, 15) is 4.79 Å². The predicted octanol–water partition coefficient (Wildman–Crippen LogP) is 4.15. The van der Waals surface area contributed by atoms with E-state index in [-0.39, 0.29) is 5.56 Å². The van der Waals surface area contributed by atoms with Crippen molar-refractivity contribution in [3.8, 4) is 22.6 Å². The van der Waals surface area contributed by atoms with Gasteiger partial charge in [-0.3, -0.25) is 9.69 Å². The van der Waals surface area contributed by atoms with Gasteiger partial charge in [0.25, 0.3) is 5.56 Å². The summed E-state index contributed by atoms with van der Waals surface area (Å²) < 4.78 is 12.6. The number of rotatable bonds is 5. The zero-order chi connectivity index (χ0) is 21.4. The van der Waals surface area contributed by atoms with Gasteiger partial charge in [-0.05, 0) is 53.8 Å². The van der Waals surface area contributed by atoms with Crippen LogP contribution < -0.4 is 15.0 Å². The molecule has 3 aromatic rings. The van der Waals surface area contributed by atoms with E-state index in [0.29, 0.717) is 11.8 Å². The monoisotopic (exact) mass is 416 g/mol. The number of pyridine rings is 1. The first kappa shape index (κ1) is 19.9. The molecule has 1 saturated heterocycles. The van der Waals surface area contributed by atoms with Crippen LogP contribution in [0.25, 0.3) is 11.1 Å². The maximum Gasteiger partial charge on any atom is 0.250 e. The van der Waals surface area contributed by atoms with Crippen LogP contribution in [0.4, 0.5) is 0 Å². The molecular formula is C26H28N2O3. The van der Waals surface area contributed by atoms with E-state index in [2.05, 4.69) is 29.2 Å². The summed E-state index contributed by atoms with van der Waals surface area (Å²) in [5.41, 5.74) is 4.90. The van der Waals surface area contributed by atoms with Gasteiger partial charge in [-0.15, -0.1) is 0 Å². The predicted molar refractivity (Wildman–Crippen MR) is 122 cm³/mol. The number of likely N-dealkylation sites (tertiary alicyclic amines) is 1. The molecule has 2 aliphatic rings. The quantitative estimate of drug-likeness (QED) is 0.627. The third-order valence-electron chi connectivity index (χ3n) is 6.63. The first-order valence-corrected chi connectivity index (χ1v) is 10.9. The Hall–Kier alpha value is -3.05. The molecule has 2 atom stereocenters. The van der Waals surface area contributed by atoms with Crippen LogP contribution in [0.2, 0.25) is 0 Å². The normalized spacial score (nSPS) is 20.2. The van der Waals surface area contributed by atoms with Crippen molar-refractivity contribution in [2.45, 2.75) is 25.4 Å². The van der Waals surface area contributed by atoms with E-state index < -0.39 is 0 Å². The molecule has 0 N–H and O–H groups in total. The van der Waals surface area contributed by atoms with Crippen LogP contribution in [0.3, 0.4) is 0 Å². The minimum atomic E-state index is 0.116. The van der Waals surface area contributed by atoms with Gasteiger partial charge in [0.1, 0.15) is 11.5 Å². The van der Waals surface area contributed by atoms with E-state index in [0.717, 1.165) is 55.2 Å². The number of methoxy groups -OCH3 is 2. The lowest BCUT2D eigenvalue weighted by molar-refractivity contribution is 0.115. The molecular weight excluding hydrogens is 388 g/mol. The molecule has 0 saturated carbocycles. The summed E-state index contributed by atoms with van der Waals surface area (Å²) in [4.78, 5) is 15.3. The Bertz CT molecular complexity index is 1120. The summed E-state index contributed by atoms with van der Waals surface area (Å²) >= 11 is 0. The Morgan fingerprint density at radius 2 is 1.52 bits per heavy atom. The van der Waals surface area contributed by atoms with E-state index in [1.54, 1.807) is 20.3 Å². The highest BCUT2D eigenvalue weighted by Gasteiger charge is 2.36. The molecule has 0 spiro atoms. The lowest BCUT2D eigenvalue weighted by Crippen LogP contribution is -2.47. The van der Waals surface area contributed by atoms with E-state index in [1.807, 2.05) is 34.9 Å². The molecule has 2 bridgehead atoms. The lowest BCUT2D eigenvalue weighted by Gasteiger charge is -2.43. The van der Waals surface area contributed by atoms with Gasteiger partial charge < -0.3 is 14.0 Å². The standard InChI is InChI=1S/C26H28N2O3/c1-30-22-7-3-18(4-8-22)14-27-15-19-13-21(17-27)26-24(11-12-25(29)28(26)16-19)20-5-9-23(31-2)10-6-20/h3-12,19,21H,13-17H2,1-2H3/t19-,21+/m0/s1. The molecule has 1 aromatic heterocycles. The Morgan fingerprint density at radius 1 is 0.839 bits per heavy atom. The molecule has 2 aliphatic heterocycles. The highest BCUT2D eigenvalue weighted by Crippen LogP contribution is 2.40. The summed E-state index contributed by atoms with van der Waals surface area (Å²) in [6.07, 6.45) is 1.14. The van der Waals surface area contributed by atoms with Gasteiger partial charge in [0.15, 0.2) is 0 Å². The number of aromatic nitrogens is 1. The third-order valence-corrected chi connectivity index (χ3v) is 6.63. The number of fused-ring (bicyclic) bond motifs is 4. The Labute approximate surface area is 182 Å². The van der Waals surface area contributed by atoms with Crippen molar-refractivity contribution in [3.63, 3.8) is 0 Å². The molecule has 160 valence electrons. The van der Waals surface area contributed by atoms with Crippen molar-refractivity contribution in [2.24, 2.45) is 5.92 Å². The average Bonchev–Trinajstić information content (AvgIpc) is 2.80. The van der Waals surface area contributed by atoms with Crippen LogP contribution in [0, 0.1) is 5.92 Å². The van der Waals surface area contributed by atoms with E-state index in [4.69, 9.17) is 9.47 Å². The number of piperidine rings is 1. The van der Waals surface area contributed by atoms with Gasteiger partial charge in [0.2, 0.25) is 0 Å². The van der Waals surface area contributed by atoms with Crippen molar-refractivity contribution in [3.05, 3.63) is 82.3 Å². The van der Waals surface area contributed by atoms with Crippen molar-refractivity contribution in [1.29, 1.82) is 0 Å². The molecule has 1 fully saturated rings. The molecule has 0 amide bonds. The van der Waals surface area contributed by atoms with Gasteiger partial charge in [-0.25, -0.2) is 0 Å². The maximum absolute atomic E-state index is 12.7. The molecule has 3 heterocycles. The summed E-state index contributed by atoms with van der Waals surface area (Å²) in [6.45, 7) is 3.72. The summed E-state index contributed by atoms with van der Waals surface area (Å²) in [5, 5.41) is 0. The van der Waals surface area contributed by atoms with Crippen molar-refractivity contribution >= 4 is 0 Å². The van der Waals surface area contributed by atoms with Crippen LogP contribution >= 0.6 is 0 Å². The second kappa shape index (κ2) is 8.23. The Kier molecular flexibility index (Phi) is 5.28. The lowest BCUT2D eigenvalue weighted by atomic mass is 9.80. The third kappa shape index (κ3) is 3.86. The van der Waals surface area contributed by atoms with Gasteiger partial charge in [-0.2, -0.15) is 0 Å². The van der Waals surface area contributed by atoms with Gasteiger partial charge in [0.05, 0.1) is 14.2 Å². The molecule has 2 aromatic carbocycles. The fraction of sp³-hybridized carbons (Fsp3) is 0.346.